The highest BCUT2D eigenvalue weighted by Crippen LogP contribution is 2.31. The van der Waals surface area contributed by atoms with E-state index in [1.54, 1.807) is 11.8 Å². The molecule has 1 saturated carbocycles. The quantitative estimate of drug-likeness (QED) is 0.734. The van der Waals surface area contributed by atoms with Crippen molar-refractivity contribution in [2.24, 2.45) is 0 Å². The third-order valence-corrected chi connectivity index (χ3v) is 8.20. The van der Waals surface area contributed by atoms with Gasteiger partial charge in [-0.15, -0.1) is 11.8 Å². The Kier molecular flexibility index (Phi) is 5.78. The first-order valence-corrected chi connectivity index (χ1v) is 11.9. The minimum absolute atomic E-state index is 0.0963. The summed E-state index contributed by atoms with van der Waals surface area (Å²) in [6.45, 7) is 4.13. The largest absolute Gasteiger partial charge is 0.335 e. The number of benzene rings is 1. The van der Waals surface area contributed by atoms with Gasteiger partial charge in [0.1, 0.15) is 0 Å². The number of rotatable bonds is 5. The summed E-state index contributed by atoms with van der Waals surface area (Å²) in [5.74, 6) is 0.845. The zero-order valence-corrected chi connectivity index (χ0v) is 16.7. The van der Waals surface area contributed by atoms with E-state index in [0.29, 0.717) is 12.2 Å². The lowest BCUT2D eigenvalue weighted by Crippen LogP contribution is -2.47. The molecule has 1 aromatic carbocycles. The predicted octanol–water partition coefficient (Wildman–Crippen LogP) is 3.35. The Morgan fingerprint density at radius 1 is 1.16 bits per heavy atom. The van der Waals surface area contributed by atoms with Crippen molar-refractivity contribution in [1.29, 1.82) is 0 Å². The molecule has 2 fully saturated rings. The van der Waals surface area contributed by atoms with Crippen molar-refractivity contribution in [1.82, 2.24) is 4.90 Å². The fraction of sp³-hybridized carbons (Fsp3) is 0.632. The van der Waals surface area contributed by atoms with Gasteiger partial charge in [-0.2, -0.15) is 0 Å². The summed E-state index contributed by atoms with van der Waals surface area (Å²) < 4.78 is 23.8. The highest BCUT2D eigenvalue weighted by atomic mass is 32.2. The molecule has 0 bridgehead atoms. The Morgan fingerprint density at radius 2 is 1.88 bits per heavy atom. The zero-order chi connectivity index (χ0) is 18.0. The zero-order valence-electron chi connectivity index (χ0n) is 15.0. The second-order valence-electron chi connectivity index (χ2n) is 7.35. The standard InChI is InChI=1S/C19H27NO3S2/c1-14-7-8-18(15(2)11-14)24-12-19(21)20(16-5-3-4-6-16)17-9-10-25(22,23)13-17/h7-8,11,16-17H,3-6,9-10,12-13H2,1-2H3/t17-/m0/s1. The van der Waals surface area contributed by atoms with Crippen molar-refractivity contribution in [3.8, 4) is 0 Å². The van der Waals surface area contributed by atoms with Gasteiger partial charge in [-0.1, -0.05) is 30.5 Å². The van der Waals surface area contributed by atoms with Crippen LogP contribution in [0.2, 0.25) is 0 Å². The van der Waals surface area contributed by atoms with Crippen LogP contribution in [0.3, 0.4) is 0 Å². The topological polar surface area (TPSA) is 54.5 Å². The van der Waals surface area contributed by atoms with Gasteiger partial charge in [0.05, 0.1) is 17.3 Å². The average molecular weight is 382 g/mol. The van der Waals surface area contributed by atoms with E-state index in [4.69, 9.17) is 0 Å². The summed E-state index contributed by atoms with van der Waals surface area (Å²) in [5.41, 5.74) is 2.41. The molecule has 1 aliphatic heterocycles. The minimum Gasteiger partial charge on any atom is -0.335 e. The van der Waals surface area contributed by atoms with E-state index in [1.807, 2.05) is 4.90 Å². The first-order valence-electron chi connectivity index (χ1n) is 9.07. The highest BCUT2D eigenvalue weighted by molar-refractivity contribution is 8.00. The molecule has 0 N–H and O–H groups in total. The van der Waals surface area contributed by atoms with Crippen molar-refractivity contribution in [3.05, 3.63) is 29.3 Å². The molecule has 1 aliphatic carbocycles. The lowest BCUT2D eigenvalue weighted by molar-refractivity contribution is -0.132. The normalized spacial score (nSPS) is 23.0. The lowest BCUT2D eigenvalue weighted by Gasteiger charge is -2.34. The molecule has 1 atom stereocenters. The summed E-state index contributed by atoms with van der Waals surface area (Å²) >= 11 is 1.57. The second-order valence-corrected chi connectivity index (χ2v) is 10.6. The highest BCUT2D eigenvalue weighted by Gasteiger charge is 2.38. The number of hydrogen-bond donors (Lipinski definition) is 0. The summed E-state index contributed by atoms with van der Waals surface area (Å²) in [6, 6.07) is 6.37. The molecule has 25 heavy (non-hydrogen) atoms. The molecule has 3 rings (SSSR count). The molecule has 1 saturated heterocycles. The van der Waals surface area contributed by atoms with Gasteiger partial charge in [-0.25, -0.2) is 8.42 Å². The van der Waals surface area contributed by atoms with Crippen molar-refractivity contribution in [2.45, 2.75) is 62.9 Å². The molecule has 1 amide bonds. The van der Waals surface area contributed by atoms with Crippen LogP contribution in [0.15, 0.2) is 23.1 Å². The van der Waals surface area contributed by atoms with Crippen molar-refractivity contribution in [3.63, 3.8) is 0 Å². The molecule has 0 aromatic heterocycles. The molecule has 6 heteroatoms. The molecule has 0 radical (unpaired) electrons. The summed E-state index contributed by atoms with van der Waals surface area (Å²) in [7, 11) is -2.98. The maximum atomic E-state index is 13.0. The molecular weight excluding hydrogens is 354 g/mol. The number of amides is 1. The van der Waals surface area contributed by atoms with E-state index in [-0.39, 0.29) is 29.5 Å². The Labute approximate surface area is 155 Å². The van der Waals surface area contributed by atoms with Crippen LogP contribution in [-0.4, -0.2) is 48.6 Å². The molecule has 0 spiro atoms. The maximum absolute atomic E-state index is 13.0. The average Bonchev–Trinajstić information content (AvgIpc) is 3.17. The van der Waals surface area contributed by atoms with E-state index in [9.17, 15) is 13.2 Å². The third-order valence-electron chi connectivity index (χ3n) is 5.29. The maximum Gasteiger partial charge on any atom is 0.233 e. The van der Waals surface area contributed by atoms with Crippen LogP contribution < -0.4 is 0 Å². The van der Waals surface area contributed by atoms with Crippen LogP contribution in [0.5, 0.6) is 0 Å². The monoisotopic (exact) mass is 381 g/mol. The molecule has 1 aromatic rings. The van der Waals surface area contributed by atoms with Gasteiger partial charge in [0.25, 0.3) is 0 Å². The van der Waals surface area contributed by atoms with E-state index >= 15 is 0 Å². The van der Waals surface area contributed by atoms with Crippen LogP contribution in [-0.2, 0) is 14.6 Å². The molecule has 4 nitrogen and oxygen atoms in total. The number of thioether (sulfide) groups is 1. The molecular formula is C19H27NO3S2. The number of nitrogens with zero attached hydrogens (tertiary/aromatic N) is 1. The Balaban J connectivity index is 1.70. The van der Waals surface area contributed by atoms with Gasteiger partial charge in [-0.3, -0.25) is 4.79 Å². The Hall–Kier alpha value is -1.01. The van der Waals surface area contributed by atoms with E-state index in [0.717, 1.165) is 30.6 Å². The number of aryl methyl sites for hydroxylation is 2. The van der Waals surface area contributed by atoms with Crippen LogP contribution in [0, 0.1) is 13.8 Å². The number of carbonyl (C=O) groups is 1. The molecule has 138 valence electrons. The Morgan fingerprint density at radius 3 is 2.48 bits per heavy atom. The van der Waals surface area contributed by atoms with Crippen molar-refractivity contribution >= 4 is 27.5 Å². The van der Waals surface area contributed by atoms with E-state index in [1.165, 1.54) is 11.1 Å². The smallest absolute Gasteiger partial charge is 0.233 e. The predicted molar refractivity (Wildman–Crippen MR) is 103 cm³/mol. The second kappa shape index (κ2) is 7.70. The first kappa shape index (κ1) is 18.8. The lowest BCUT2D eigenvalue weighted by atomic mass is 10.1. The van der Waals surface area contributed by atoms with Crippen molar-refractivity contribution in [2.75, 3.05) is 17.3 Å². The third kappa shape index (κ3) is 4.59. The summed E-state index contributed by atoms with van der Waals surface area (Å²) in [6.07, 6.45) is 4.89. The van der Waals surface area contributed by atoms with E-state index in [2.05, 4.69) is 32.0 Å². The van der Waals surface area contributed by atoms with Gasteiger partial charge in [0.15, 0.2) is 9.84 Å². The van der Waals surface area contributed by atoms with Crippen LogP contribution >= 0.6 is 11.8 Å². The Bertz CT molecular complexity index is 739. The van der Waals surface area contributed by atoms with Crippen LogP contribution in [0.25, 0.3) is 0 Å². The van der Waals surface area contributed by atoms with Gasteiger partial charge in [-0.05, 0) is 44.7 Å². The fourth-order valence-electron chi connectivity index (χ4n) is 4.06. The van der Waals surface area contributed by atoms with Gasteiger partial charge in [0.2, 0.25) is 5.91 Å². The first-order chi connectivity index (χ1) is 11.9. The summed E-state index contributed by atoms with van der Waals surface area (Å²) in [5, 5.41) is 0. The van der Waals surface area contributed by atoms with Gasteiger partial charge < -0.3 is 4.90 Å². The fourth-order valence-corrected chi connectivity index (χ4v) is 6.65. The van der Waals surface area contributed by atoms with Crippen LogP contribution in [0.4, 0.5) is 0 Å². The summed E-state index contributed by atoms with van der Waals surface area (Å²) in [4.78, 5) is 16.1. The minimum atomic E-state index is -2.98. The molecule has 1 heterocycles. The van der Waals surface area contributed by atoms with Gasteiger partial charge >= 0.3 is 0 Å². The SMILES string of the molecule is Cc1ccc(SCC(=O)N(C2CCCC2)[C@H]2CCS(=O)(=O)C2)c(C)c1. The molecule has 0 unspecified atom stereocenters. The van der Waals surface area contributed by atoms with Gasteiger partial charge in [0, 0.05) is 17.0 Å². The molecule has 2 aliphatic rings. The number of hydrogen-bond acceptors (Lipinski definition) is 4. The number of carbonyl (C=O) groups excluding carboxylic acids is 1. The van der Waals surface area contributed by atoms with E-state index < -0.39 is 9.84 Å². The van der Waals surface area contributed by atoms with Crippen molar-refractivity contribution < 1.29 is 13.2 Å². The van der Waals surface area contributed by atoms with Crippen LogP contribution in [0.1, 0.15) is 43.2 Å². The number of sulfone groups is 1.